The maximum Gasteiger partial charge on any atom is 0.0887 e. The second-order valence-corrected chi connectivity index (χ2v) is 6.83. The van der Waals surface area contributed by atoms with E-state index in [4.69, 9.17) is 0 Å². The van der Waals surface area contributed by atoms with Gasteiger partial charge in [0.05, 0.1) is 25.7 Å². The molecule has 1 rings (SSSR count). The molecule has 1 aromatic rings. The first kappa shape index (κ1) is 19.2. The summed E-state index contributed by atoms with van der Waals surface area (Å²) >= 11 is 0. The van der Waals surface area contributed by atoms with E-state index in [0.29, 0.717) is 0 Å². The van der Waals surface area contributed by atoms with Gasteiger partial charge in [0, 0.05) is 0 Å². The predicted octanol–water partition coefficient (Wildman–Crippen LogP) is 5.83. The lowest BCUT2D eigenvalue weighted by atomic mass is 9.98. The van der Waals surface area contributed by atoms with Crippen molar-refractivity contribution in [1.82, 2.24) is 0 Å². The predicted molar refractivity (Wildman–Crippen MR) is 99.2 cm³/mol. The summed E-state index contributed by atoms with van der Waals surface area (Å²) in [6.45, 7) is 13.6. The van der Waals surface area contributed by atoms with Gasteiger partial charge in [-0.2, -0.15) is 0 Å². The van der Waals surface area contributed by atoms with Gasteiger partial charge in [-0.05, 0) is 50.5 Å². The van der Waals surface area contributed by atoms with Crippen LogP contribution in [0.4, 0.5) is 0 Å². The third-order valence-corrected chi connectivity index (χ3v) is 5.10. The Hall–Kier alpha value is -0.820. The van der Waals surface area contributed by atoms with Crippen LogP contribution in [0, 0.1) is 0 Å². The van der Waals surface area contributed by atoms with E-state index < -0.39 is 0 Å². The number of quaternary nitrogens is 1. The average Bonchev–Trinajstić information content (AvgIpc) is 2.53. The van der Waals surface area contributed by atoms with Crippen LogP contribution in [0.2, 0.25) is 0 Å². The van der Waals surface area contributed by atoms with Crippen molar-refractivity contribution in [2.45, 2.75) is 78.7 Å². The van der Waals surface area contributed by atoms with Crippen molar-refractivity contribution in [3.63, 3.8) is 0 Å². The van der Waals surface area contributed by atoms with E-state index >= 15 is 0 Å². The lowest BCUT2D eigenvalue weighted by Crippen LogP contribution is -2.56. The van der Waals surface area contributed by atoms with Gasteiger partial charge in [0.2, 0.25) is 0 Å². The first-order chi connectivity index (χ1) is 10.7. The third-order valence-electron chi connectivity index (χ3n) is 5.10. The maximum absolute atomic E-state index is 2.40. The molecule has 1 unspecified atom stereocenters. The number of aryl methyl sites for hydroxylation is 1. The lowest BCUT2D eigenvalue weighted by molar-refractivity contribution is -0.952. The molecule has 1 atom stereocenters. The van der Waals surface area contributed by atoms with E-state index in [2.05, 4.69) is 58.0 Å². The zero-order chi connectivity index (χ0) is 16.3. The van der Waals surface area contributed by atoms with E-state index in [-0.39, 0.29) is 0 Å². The van der Waals surface area contributed by atoms with Crippen LogP contribution >= 0.6 is 0 Å². The molecule has 1 heteroatoms. The normalized spacial score (nSPS) is 13.3. The van der Waals surface area contributed by atoms with Crippen LogP contribution in [0.25, 0.3) is 0 Å². The molecule has 0 aliphatic carbocycles. The number of hydrogen-bond donors (Lipinski definition) is 0. The second kappa shape index (κ2) is 10.8. The lowest BCUT2D eigenvalue weighted by Gasteiger charge is -2.45. The molecule has 0 saturated carbocycles. The molecular formula is C21H38N+. The van der Waals surface area contributed by atoms with Crippen molar-refractivity contribution >= 4 is 0 Å². The molecular weight excluding hydrogens is 266 g/mol. The smallest absolute Gasteiger partial charge is 0.0887 e. The van der Waals surface area contributed by atoms with Crippen molar-refractivity contribution in [2.75, 3.05) is 19.6 Å². The summed E-state index contributed by atoms with van der Waals surface area (Å²) in [6.07, 6.45) is 9.22. The van der Waals surface area contributed by atoms with Crippen LogP contribution in [0.5, 0.6) is 0 Å². The summed E-state index contributed by atoms with van der Waals surface area (Å²) in [6, 6.07) is 11.8. The van der Waals surface area contributed by atoms with Gasteiger partial charge >= 0.3 is 0 Å². The summed E-state index contributed by atoms with van der Waals surface area (Å²) in [5.74, 6) is 0. The maximum atomic E-state index is 2.40. The van der Waals surface area contributed by atoms with Crippen molar-refractivity contribution in [2.24, 2.45) is 0 Å². The number of rotatable bonds is 12. The standard InChI is InChI=1S/C21H38N/c1-5-17-22(18-6-2,19-7-3)21(8-4)16-12-15-20-13-10-9-11-14-20/h9-11,13-14,21H,5-8,12,15-19H2,1-4H3/q+1. The summed E-state index contributed by atoms with van der Waals surface area (Å²) in [7, 11) is 0. The van der Waals surface area contributed by atoms with Gasteiger partial charge in [0.15, 0.2) is 0 Å². The van der Waals surface area contributed by atoms with Gasteiger partial charge in [-0.1, -0.05) is 58.0 Å². The summed E-state index contributed by atoms with van der Waals surface area (Å²) in [4.78, 5) is 0. The molecule has 0 heterocycles. The molecule has 0 fully saturated rings. The molecule has 0 aliphatic heterocycles. The third kappa shape index (κ3) is 5.76. The molecule has 0 amide bonds. The molecule has 0 saturated heterocycles. The number of benzene rings is 1. The molecule has 0 N–H and O–H groups in total. The molecule has 126 valence electrons. The Morgan fingerprint density at radius 1 is 0.818 bits per heavy atom. The Balaban J connectivity index is 2.67. The van der Waals surface area contributed by atoms with Crippen molar-refractivity contribution < 1.29 is 4.48 Å². The molecule has 1 aromatic carbocycles. The molecule has 0 radical (unpaired) electrons. The van der Waals surface area contributed by atoms with Crippen LogP contribution < -0.4 is 0 Å². The first-order valence-corrected chi connectivity index (χ1v) is 9.62. The van der Waals surface area contributed by atoms with Crippen LogP contribution in [-0.2, 0) is 6.42 Å². The number of nitrogens with zero attached hydrogens (tertiary/aromatic N) is 1. The minimum Gasteiger partial charge on any atom is -0.321 e. The second-order valence-electron chi connectivity index (χ2n) is 6.83. The molecule has 0 aromatic heterocycles. The van der Waals surface area contributed by atoms with E-state index in [1.165, 1.54) is 74.6 Å². The van der Waals surface area contributed by atoms with Crippen molar-refractivity contribution in [3.8, 4) is 0 Å². The first-order valence-electron chi connectivity index (χ1n) is 9.62. The highest BCUT2D eigenvalue weighted by Gasteiger charge is 2.32. The minimum absolute atomic E-state index is 0.851. The Morgan fingerprint density at radius 2 is 1.36 bits per heavy atom. The number of hydrogen-bond acceptors (Lipinski definition) is 0. The van der Waals surface area contributed by atoms with E-state index in [1.54, 1.807) is 0 Å². The fourth-order valence-corrected chi connectivity index (χ4v) is 4.27. The van der Waals surface area contributed by atoms with Gasteiger partial charge in [-0.25, -0.2) is 0 Å². The van der Waals surface area contributed by atoms with E-state index in [9.17, 15) is 0 Å². The van der Waals surface area contributed by atoms with Crippen LogP contribution in [0.1, 0.15) is 71.8 Å². The fourth-order valence-electron chi connectivity index (χ4n) is 4.27. The van der Waals surface area contributed by atoms with Gasteiger partial charge in [0.1, 0.15) is 0 Å². The highest BCUT2D eigenvalue weighted by molar-refractivity contribution is 5.14. The Labute approximate surface area is 139 Å². The minimum atomic E-state index is 0.851. The zero-order valence-electron chi connectivity index (χ0n) is 15.5. The summed E-state index contributed by atoms with van der Waals surface area (Å²) < 4.78 is 1.37. The largest absolute Gasteiger partial charge is 0.321 e. The SMILES string of the molecule is CCC[N+](CCC)(CCC)C(CC)CCCc1ccccc1. The van der Waals surface area contributed by atoms with E-state index in [1.807, 2.05) is 0 Å². The van der Waals surface area contributed by atoms with Crippen LogP contribution in [-0.4, -0.2) is 30.2 Å². The van der Waals surface area contributed by atoms with Gasteiger partial charge in [-0.3, -0.25) is 0 Å². The van der Waals surface area contributed by atoms with Gasteiger partial charge in [0.25, 0.3) is 0 Å². The summed E-state index contributed by atoms with van der Waals surface area (Å²) in [5, 5.41) is 0. The van der Waals surface area contributed by atoms with Gasteiger partial charge < -0.3 is 4.48 Å². The van der Waals surface area contributed by atoms with Crippen molar-refractivity contribution in [3.05, 3.63) is 35.9 Å². The molecule has 0 spiro atoms. The topological polar surface area (TPSA) is 0 Å². The van der Waals surface area contributed by atoms with E-state index in [0.717, 1.165) is 6.04 Å². The Bertz CT molecular complexity index is 354. The van der Waals surface area contributed by atoms with Crippen molar-refractivity contribution in [1.29, 1.82) is 0 Å². The molecule has 22 heavy (non-hydrogen) atoms. The highest BCUT2D eigenvalue weighted by Crippen LogP contribution is 2.24. The zero-order valence-corrected chi connectivity index (χ0v) is 15.5. The molecule has 1 nitrogen and oxygen atoms in total. The van der Waals surface area contributed by atoms with Crippen LogP contribution in [0.15, 0.2) is 30.3 Å². The van der Waals surface area contributed by atoms with Crippen LogP contribution in [0.3, 0.4) is 0 Å². The monoisotopic (exact) mass is 304 g/mol. The summed E-state index contributed by atoms with van der Waals surface area (Å²) in [5.41, 5.74) is 1.50. The van der Waals surface area contributed by atoms with Gasteiger partial charge in [-0.15, -0.1) is 0 Å². The molecule has 0 bridgehead atoms. The Kier molecular flexibility index (Phi) is 9.47. The fraction of sp³-hybridized carbons (Fsp3) is 0.714. The average molecular weight is 305 g/mol. The Morgan fingerprint density at radius 3 is 1.82 bits per heavy atom. The molecule has 0 aliphatic rings. The quantitative estimate of drug-likeness (QED) is 0.426. The highest BCUT2D eigenvalue weighted by atomic mass is 15.4.